The van der Waals surface area contributed by atoms with E-state index in [1.165, 1.54) is 11.8 Å². The van der Waals surface area contributed by atoms with Crippen molar-refractivity contribution in [1.82, 2.24) is 10.2 Å². The van der Waals surface area contributed by atoms with Gasteiger partial charge in [0.25, 0.3) is 5.22 Å². The molecular weight excluding hydrogens is 394 g/mol. The van der Waals surface area contributed by atoms with Gasteiger partial charge in [-0.15, -0.1) is 10.2 Å². The van der Waals surface area contributed by atoms with E-state index >= 15 is 0 Å². The number of nitrogens with one attached hydrogen (secondary N) is 1. The SMILES string of the molecule is Cc1ccc(NC(=O)CSc2nnc(C(c3ccccc3)c3ccccc3)o2)cc1. The van der Waals surface area contributed by atoms with E-state index in [0.717, 1.165) is 22.4 Å². The van der Waals surface area contributed by atoms with Crippen LogP contribution in [0.3, 0.4) is 0 Å². The Bertz CT molecular complexity index is 1060. The lowest BCUT2D eigenvalue weighted by atomic mass is 9.91. The summed E-state index contributed by atoms with van der Waals surface area (Å²) in [4.78, 5) is 12.2. The topological polar surface area (TPSA) is 68.0 Å². The molecule has 0 atom stereocenters. The van der Waals surface area contributed by atoms with Gasteiger partial charge in [0.05, 0.1) is 11.7 Å². The molecule has 4 aromatic rings. The van der Waals surface area contributed by atoms with Crippen molar-refractivity contribution in [3.8, 4) is 0 Å². The number of rotatable bonds is 7. The van der Waals surface area contributed by atoms with Gasteiger partial charge in [0, 0.05) is 5.69 Å². The fourth-order valence-electron chi connectivity index (χ4n) is 3.13. The smallest absolute Gasteiger partial charge is 0.277 e. The van der Waals surface area contributed by atoms with Crippen LogP contribution in [0.1, 0.15) is 28.5 Å². The maximum absolute atomic E-state index is 12.2. The van der Waals surface area contributed by atoms with Crippen LogP contribution in [-0.4, -0.2) is 21.9 Å². The van der Waals surface area contributed by atoms with Crippen molar-refractivity contribution in [3.63, 3.8) is 0 Å². The number of aryl methyl sites for hydroxylation is 1. The van der Waals surface area contributed by atoms with Crippen LogP contribution in [0.4, 0.5) is 5.69 Å². The number of carbonyl (C=O) groups is 1. The van der Waals surface area contributed by atoms with E-state index in [-0.39, 0.29) is 17.6 Å². The highest BCUT2D eigenvalue weighted by atomic mass is 32.2. The van der Waals surface area contributed by atoms with Gasteiger partial charge in [-0.25, -0.2) is 0 Å². The van der Waals surface area contributed by atoms with Crippen LogP contribution in [0.25, 0.3) is 0 Å². The third-order valence-electron chi connectivity index (χ3n) is 4.60. The monoisotopic (exact) mass is 415 g/mol. The van der Waals surface area contributed by atoms with Crippen molar-refractivity contribution in [1.29, 1.82) is 0 Å². The van der Waals surface area contributed by atoms with Gasteiger partial charge in [0.2, 0.25) is 11.8 Å². The third-order valence-corrected chi connectivity index (χ3v) is 5.42. The molecule has 0 bridgehead atoms. The molecular formula is C24H21N3O2S. The van der Waals surface area contributed by atoms with Gasteiger partial charge in [0.1, 0.15) is 0 Å². The average molecular weight is 416 g/mol. The maximum atomic E-state index is 12.2. The van der Waals surface area contributed by atoms with Gasteiger partial charge in [0.15, 0.2) is 0 Å². The molecule has 0 spiro atoms. The van der Waals surface area contributed by atoms with Crippen molar-refractivity contribution >= 4 is 23.4 Å². The minimum atomic E-state index is -0.157. The lowest BCUT2D eigenvalue weighted by molar-refractivity contribution is -0.113. The van der Waals surface area contributed by atoms with Crippen molar-refractivity contribution in [2.24, 2.45) is 0 Å². The zero-order valence-corrected chi connectivity index (χ0v) is 17.3. The highest BCUT2D eigenvalue weighted by Gasteiger charge is 2.23. The lowest BCUT2D eigenvalue weighted by Gasteiger charge is -2.13. The first-order chi connectivity index (χ1) is 14.7. The molecule has 4 rings (SSSR count). The molecule has 30 heavy (non-hydrogen) atoms. The summed E-state index contributed by atoms with van der Waals surface area (Å²) in [6.07, 6.45) is 0. The molecule has 0 aliphatic rings. The highest BCUT2D eigenvalue weighted by molar-refractivity contribution is 7.99. The molecule has 1 heterocycles. The highest BCUT2D eigenvalue weighted by Crippen LogP contribution is 2.32. The van der Waals surface area contributed by atoms with E-state index in [2.05, 4.69) is 15.5 Å². The molecule has 6 heteroatoms. The molecule has 0 aliphatic carbocycles. The summed E-state index contributed by atoms with van der Waals surface area (Å²) in [6, 6.07) is 27.8. The van der Waals surface area contributed by atoms with Crippen LogP contribution in [0.2, 0.25) is 0 Å². The lowest BCUT2D eigenvalue weighted by Crippen LogP contribution is -2.13. The molecule has 3 aromatic carbocycles. The van der Waals surface area contributed by atoms with E-state index in [1.807, 2.05) is 91.9 Å². The normalized spacial score (nSPS) is 10.9. The first-order valence-electron chi connectivity index (χ1n) is 9.61. The number of hydrogen-bond donors (Lipinski definition) is 1. The summed E-state index contributed by atoms with van der Waals surface area (Å²) >= 11 is 1.23. The fourth-order valence-corrected chi connectivity index (χ4v) is 3.69. The number of benzene rings is 3. The van der Waals surface area contributed by atoms with Gasteiger partial charge >= 0.3 is 0 Å². The van der Waals surface area contributed by atoms with Crippen LogP contribution in [0.5, 0.6) is 0 Å². The summed E-state index contributed by atoms with van der Waals surface area (Å²) in [5.41, 5.74) is 4.06. The molecule has 1 aromatic heterocycles. The number of thioether (sulfide) groups is 1. The molecule has 1 amide bonds. The van der Waals surface area contributed by atoms with Gasteiger partial charge in [-0.2, -0.15) is 0 Å². The van der Waals surface area contributed by atoms with Gasteiger partial charge in [-0.1, -0.05) is 90.1 Å². The Kier molecular flexibility index (Phi) is 6.25. The zero-order chi connectivity index (χ0) is 20.8. The van der Waals surface area contributed by atoms with E-state index in [9.17, 15) is 4.79 Å². The fraction of sp³-hybridized carbons (Fsp3) is 0.125. The number of nitrogens with zero attached hydrogens (tertiary/aromatic N) is 2. The number of carbonyl (C=O) groups excluding carboxylic acids is 1. The van der Waals surface area contributed by atoms with E-state index < -0.39 is 0 Å². The first kappa shape index (κ1) is 19.9. The Hall–Kier alpha value is -3.38. The predicted octanol–water partition coefficient (Wildman–Crippen LogP) is 5.29. The van der Waals surface area contributed by atoms with Crippen molar-refractivity contribution in [2.75, 3.05) is 11.1 Å². The Balaban J connectivity index is 1.46. The maximum Gasteiger partial charge on any atom is 0.277 e. The summed E-state index contributed by atoms with van der Waals surface area (Å²) in [5.74, 6) is 0.423. The average Bonchev–Trinajstić information content (AvgIpc) is 3.24. The van der Waals surface area contributed by atoms with Gasteiger partial charge < -0.3 is 9.73 Å². The molecule has 5 nitrogen and oxygen atoms in total. The van der Waals surface area contributed by atoms with Crippen molar-refractivity contribution in [3.05, 3.63) is 108 Å². The molecule has 0 fully saturated rings. The second-order valence-corrected chi connectivity index (χ2v) is 7.79. The summed E-state index contributed by atoms with van der Waals surface area (Å²) in [6.45, 7) is 2.01. The third kappa shape index (κ3) is 4.96. The van der Waals surface area contributed by atoms with Crippen LogP contribution in [0.15, 0.2) is 94.6 Å². The molecule has 0 saturated carbocycles. The minimum absolute atomic E-state index is 0.119. The van der Waals surface area contributed by atoms with E-state index in [4.69, 9.17) is 4.42 Å². The first-order valence-corrected chi connectivity index (χ1v) is 10.6. The largest absolute Gasteiger partial charge is 0.415 e. The molecule has 150 valence electrons. The van der Waals surface area contributed by atoms with Crippen molar-refractivity contribution < 1.29 is 9.21 Å². The minimum Gasteiger partial charge on any atom is -0.415 e. The molecule has 0 unspecified atom stereocenters. The van der Waals surface area contributed by atoms with Crippen LogP contribution >= 0.6 is 11.8 Å². The Morgan fingerprint density at radius 2 is 1.50 bits per heavy atom. The molecule has 0 saturated heterocycles. The molecule has 0 aliphatic heterocycles. The van der Waals surface area contributed by atoms with Crippen LogP contribution < -0.4 is 5.32 Å². The number of hydrogen-bond acceptors (Lipinski definition) is 5. The second-order valence-electron chi connectivity index (χ2n) is 6.86. The van der Waals surface area contributed by atoms with E-state index in [1.54, 1.807) is 0 Å². The van der Waals surface area contributed by atoms with Gasteiger partial charge in [-0.05, 0) is 30.2 Å². The Morgan fingerprint density at radius 3 is 2.10 bits per heavy atom. The number of anilines is 1. The van der Waals surface area contributed by atoms with Crippen LogP contribution in [0, 0.1) is 6.92 Å². The second kappa shape index (κ2) is 9.41. The molecule has 1 N–H and O–H groups in total. The summed E-state index contributed by atoms with van der Waals surface area (Å²) in [5, 5.41) is 11.7. The van der Waals surface area contributed by atoms with E-state index in [0.29, 0.717) is 11.1 Å². The number of amides is 1. The molecule has 0 radical (unpaired) electrons. The quantitative estimate of drug-likeness (QED) is 0.416. The Morgan fingerprint density at radius 1 is 0.900 bits per heavy atom. The summed E-state index contributed by atoms with van der Waals surface area (Å²) in [7, 11) is 0. The zero-order valence-electron chi connectivity index (χ0n) is 16.5. The summed E-state index contributed by atoms with van der Waals surface area (Å²) < 4.78 is 5.93. The Labute approximate surface area is 179 Å². The number of aromatic nitrogens is 2. The van der Waals surface area contributed by atoms with Crippen LogP contribution in [-0.2, 0) is 4.79 Å². The predicted molar refractivity (Wildman–Crippen MR) is 119 cm³/mol. The van der Waals surface area contributed by atoms with Crippen molar-refractivity contribution in [2.45, 2.75) is 18.1 Å². The van der Waals surface area contributed by atoms with Gasteiger partial charge in [-0.3, -0.25) is 4.79 Å². The standard InChI is InChI=1S/C24H21N3O2S/c1-17-12-14-20(15-13-17)25-21(28)16-30-24-27-26-23(29-24)22(18-8-4-2-5-9-18)19-10-6-3-7-11-19/h2-15,22H,16H2,1H3,(H,25,28).